The second-order valence-electron chi connectivity index (χ2n) is 3.07. The summed E-state index contributed by atoms with van der Waals surface area (Å²) in [6.07, 6.45) is -0.200. The molecule has 1 aromatic heterocycles. The van der Waals surface area contributed by atoms with Crippen LogP contribution in [0, 0.1) is 0 Å². The first kappa shape index (κ1) is 12.4. The molecule has 0 fully saturated rings. The molecular formula is C8H15N5O3. The number of rotatable bonds is 6. The highest BCUT2D eigenvalue weighted by Crippen LogP contribution is 1.94. The van der Waals surface area contributed by atoms with Crippen LogP contribution in [0.5, 0.6) is 0 Å². The summed E-state index contributed by atoms with van der Waals surface area (Å²) in [5.41, 5.74) is 5.27. The van der Waals surface area contributed by atoms with Gasteiger partial charge in [0.05, 0.1) is 12.7 Å². The number of aromatic amines is 1. The van der Waals surface area contributed by atoms with Gasteiger partial charge in [0.25, 0.3) is 5.91 Å². The first-order valence-corrected chi connectivity index (χ1v) is 4.65. The summed E-state index contributed by atoms with van der Waals surface area (Å²) < 4.78 is 9.98. The van der Waals surface area contributed by atoms with Crippen molar-refractivity contribution < 1.29 is 14.3 Å². The zero-order chi connectivity index (χ0) is 12.0. The van der Waals surface area contributed by atoms with Crippen molar-refractivity contribution in [2.45, 2.75) is 6.10 Å². The molecule has 1 atom stereocenters. The van der Waals surface area contributed by atoms with E-state index in [-0.39, 0.29) is 23.8 Å². The molecule has 0 bridgehead atoms. The van der Waals surface area contributed by atoms with Crippen LogP contribution in [0.2, 0.25) is 0 Å². The van der Waals surface area contributed by atoms with Crippen LogP contribution in [0.3, 0.4) is 0 Å². The number of methoxy groups -OCH3 is 2. The van der Waals surface area contributed by atoms with Crippen molar-refractivity contribution in [2.24, 2.45) is 0 Å². The molecule has 1 unspecified atom stereocenters. The van der Waals surface area contributed by atoms with Crippen LogP contribution in [-0.4, -0.2) is 54.6 Å². The number of hydrogen-bond donors (Lipinski definition) is 3. The number of nitrogen functional groups attached to an aromatic ring is 1. The molecule has 0 aliphatic carbocycles. The van der Waals surface area contributed by atoms with Gasteiger partial charge < -0.3 is 20.5 Å². The maximum atomic E-state index is 11.5. The Balaban J connectivity index is 2.40. The summed E-state index contributed by atoms with van der Waals surface area (Å²) in [6.45, 7) is 0.721. The fraction of sp³-hybridized carbons (Fsp3) is 0.625. The van der Waals surface area contributed by atoms with E-state index in [9.17, 15) is 4.79 Å². The van der Waals surface area contributed by atoms with Crippen molar-refractivity contribution >= 4 is 11.9 Å². The predicted octanol–water partition coefficient (Wildman–Crippen LogP) is -1.22. The number of hydrogen-bond acceptors (Lipinski definition) is 6. The Kier molecular flexibility index (Phi) is 4.67. The van der Waals surface area contributed by atoms with Crippen molar-refractivity contribution in [1.29, 1.82) is 0 Å². The SMILES string of the molecule is COCC(CNC(=O)c1nc(N)n[nH]1)OC. The average molecular weight is 229 g/mol. The minimum atomic E-state index is -0.387. The van der Waals surface area contributed by atoms with E-state index in [4.69, 9.17) is 15.2 Å². The van der Waals surface area contributed by atoms with E-state index in [0.29, 0.717) is 13.2 Å². The largest absolute Gasteiger partial charge is 0.382 e. The number of carbonyl (C=O) groups is 1. The number of nitrogens with two attached hydrogens (primary N) is 1. The lowest BCUT2D eigenvalue weighted by atomic mass is 10.3. The molecule has 8 heteroatoms. The van der Waals surface area contributed by atoms with E-state index >= 15 is 0 Å². The highest BCUT2D eigenvalue weighted by atomic mass is 16.5. The standard InChI is InChI=1S/C8H15N5O3/c1-15-4-5(16-2)3-10-7(14)6-11-8(9)13-12-6/h5H,3-4H2,1-2H3,(H,10,14)(H3,9,11,12,13). The van der Waals surface area contributed by atoms with Gasteiger partial charge in [0.2, 0.25) is 11.8 Å². The smallest absolute Gasteiger partial charge is 0.288 e. The summed E-state index contributed by atoms with van der Waals surface area (Å²) in [5, 5.41) is 8.57. The van der Waals surface area contributed by atoms with Gasteiger partial charge in [-0.15, -0.1) is 5.10 Å². The first-order valence-electron chi connectivity index (χ1n) is 4.65. The second-order valence-corrected chi connectivity index (χ2v) is 3.07. The highest BCUT2D eigenvalue weighted by molar-refractivity contribution is 5.90. The van der Waals surface area contributed by atoms with E-state index < -0.39 is 0 Å². The number of ether oxygens (including phenoxy) is 2. The van der Waals surface area contributed by atoms with E-state index in [2.05, 4.69) is 20.5 Å². The Bertz CT molecular complexity index is 340. The third-order valence-corrected chi connectivity index (χ3v) is 1.89. The second kappa shape index (κ2) is 6.03. The molecule has 4 N–H and O–H groups in total. The monoisotopic (exact) mass is 229 g/mol. The van der Waals surface area contributed by atoms with Gasteiger partial charge >= 0.3 is 0 Å². The summed E-state index contributed by atoms with van der Waals surface area (Å²) >= 11 is 0. The lowest BCUT2D eigenvalue weighted by molar-refractivity contribution is 0.0284. The molecule has 0 saturated carbocycles. The van der Waals surface area contributed by atoms with Gasteiger partial charge in [0.1, 0.15) is 0 Å². The van der Waals surface area contributed by atoms with Gasteiger partial charge in [-0.2, -0.15) is 4.98 Å². The normalized spacial score (nSPS) is 12.4. The molecule has 0 aliphatic heterocycles. The minimum Gasteiger partial charge on any atom is -0.382 e. The van der Waals surface area contributed by atoms with Crippen molar-refractivity contribution in [2.75, 3.05) is 33.1 Å². The van der Waals surface area contributed by atoms with E-state index in [1.54, 1.807) is 14.2 Å². The Morgan fingerprint density at radius 2 is 2.38 bits per heavy atom. The molecule has 16 heavy (non-hydrogen) atoms. The van der Waals surface area contributed by atoms with Gasteiger partial charge in [-0.25, -0.2) is 0 Å². The maximum Gasteiger partial charge on any atom is 0.288 e. The molecule has 0 saturated heterocycles. The quantitative estimate of drug-likeness (QED) is 0.563. The Morgan fingerprint density at radius 3 is 2.88 bits per heavy atom. The maximum absolute atomic E-state index is 11.5. The highest BCUT2D eigenvalue weighted by Gasteiger charge is 2.13. The predicted molar refractivity (Wildman–Crippen MR) is 55.8 cm³/mol. The number of nitrogens with zero attached hydrogens (tertiary/aromatic N) is 2. The summed E-state index contributed by atoms with van der Waals surface area (Å²) in [5.74, 6) is -0.280. The first-order chi connectivity index (χ1) is 7.67. The Labute approximate surface area is 92.5 Å². The zero-order valence-electron chi connectivity index (χ0n) is 9.19. The number of nitrogens with one attached hydrogen (secondary N) is 2. The number of anilines is 1. The van der Waals surface area contributed by atoms with Crippen LogP contribution >= 0.6 is 0 Å². The molecule has 90 valence electrons. The molecule has 1 amide bonds. The third-order valence-electron chi connectivity index (χ3n) is 1.89. The van der Waals surface area contributed by atoms with Gasteiger partial charge in [-0.05, 0) is 0 Å². The Hall–Kier alpha value is -1.67. The molecule has 0 spiro atoms. The fourth-order valence-electron chi connectivity index (χ4n) is 1.06. The number of aromatic nitrogens is 3. The van der Waals surface area contributed by atoms with Gasteiger partial charge in [0.15, 0.2) is 0 Å². The Morgan fingerprint density at radius 1 is 1.62 bits per heavy atom. The minimum absolute atomic E-state index is 0.0327. The van der Waals surface area contributed by atoms with Crippen LogP contribution < -0.4 is 11.1 Å². The van der Waals surface area contributed by atoms with E-state index in [0.717, 1.165) is 0 Å². The number of H-pyrrole nitrogens is 1. The van der Waals surface area contributed by atoms with Crippen LogP contribution in [0.1, 0.15) is 10.6 Å². The third kappa shape index (κ3) is 3.48. The zero-order valence-corrected chi connectivity index (χ0v) is 9.19. The summed E-state index contributed by atoms with van der Waals surface area (Å²) in [4.78, 5) is 15.2. The molecule has 0 aromatic carbocycles. The van der Waals surface area contributed by atoms with Crippen molar-refractivity contribution in [3.8, 4) is 0 Å². The van der Waals surface area contributed by atoms with E-state index in [1.165, 1.54) is 0 Å². The molecule has 0 radical (unpaired) electrons. The molecule has 1 rings (SSSR count). The lowest BCUT2D eigenvalue weighted by Crippen LogP contribution is -2.36. The van der Waals surface area contributed by atoms with Gasteiger partial charge in [-0.3, -0.25) is 9.89 Å². The van der Waals surface area contributed by atoms with Crippen molar-refractivity contribution in [1.82, 2.24) is 20.5 Å². The molecule has 1 aromatic rings. The van der Waals surface area contributed by atoms with Gasteiger partial charge in [-0.1, -0.05) is 0 Å². The summed E-state index contributed by atoms with van der Waals surface area (Å²) in [7, 11) is 3.10. The van der Waals surface area contributed by atoms with Crippen LogP contribution in [-0.2, 0) is 9.47 Å². The molecular weight excluding hydrogens is 214 g/mol. The van der Waals surface area contributed by atoms with Crippen molar-refractivity contribution in [3.05, 3.63) is 5.82 Å². The molecule has 8 nitrogen and oxygen atoms in total. The fourth-order valence-corrected chi connectivity index (χ4v) is 1.06. The average Bonchev–Trinajstić information content (AvgIpc) is 2.70. The van der Waals surface area contributed by atoms with Crippen LogP contribution in [0.4, 0.5) is 5.95 Å². The topological polar surface area (TPSA) is 115 Å². The molecule has 0 aliphatic rings. The van der Waals surface area contributed by atoms with Crippen molar-refractivity contribution in [3.63, 3.8) is 0 Å². The van der Waals surface area contributed by atoms with E-state index in [1.807, 2.05) is 0 Å². The molecule has 1 heterocycles. The number of carbonyl (C=O) groups excluding carboxylic acids is 1. The summed E-state index contributed by atoms with van der Waals surface area (Å²) in [6, 6.07) is 0. The van der Waals surface area contributed by atoms with Gasteiger partial charge in [0, 0.05) is 20.8 Å². The van der Waals surface area contributed by atoms with Crippen LogP contribution in [0.15, 0.2) is 0 Å². The number of amides is 1. The van der Waals surface area contributed by atoms with Crippen LogP contribution in [0.25, 0.3) is 0 Å². The lowest BCUT2D eigenvalue weighted by Gasteiger charge is -2.14.